The van der Waals surface area contributed by atoms with Crippen LogP contribution in [0.1, 0.15) is 29.5 Å². The van der Waals surface area contributed by atoms with Crippen LogP contribution in [0.2, 0.25) is 13.1 Å². The van der Waals surface area contributed by atoms with Gasteiger partial charge in [-0.25, -0.2) is 0 Å². The molecule has 0 radical (unpaired) electrons. The Morgan fingerprint density at radius 3 is 1.58 bits per heavy atom. The number of fused-ring (bicyclic) bond motifs is 6. The molecule has 0 saturated carbocycles. The van der Waals surface area contributed by atoms with Gasteiger partial charge < -0.3 is 24.8 Å². The first-order valence-electron chi connectivity index (χ1n) is 8.04. The third kappa shape index (κ3) is 2.42. The molecule has 2 aliphatic carbocycles. The first kappa shape index (κ1) is 18.4. The first-order chi connectivity index (χ1) is 10.7. The Bertz CT molecular complexity index is 800. The number of hydrogen-bond donors (Lipinski definition) is 0. The molecule has 4 heteroatoms. The van der Waals surface area contributed by atoms with Crippen molar-refractivity contribution < 1.29 is 48.0 Å². The molecule has 2 atom stereocenters. The molecule has 0 aromatic heterocycles. The Morgan fingerprint density at radius 2 is 1.12 bits per heavy atom. The number of rotatable bonds is 0. The zero-order valence-corrected chi connectivity index (χ0v) is 18.7. The molecule has 1 aliphatic heterocycles. The van der Waals surface area contributed by atoms with Crippen molar-refractivity contribution in [2.75, 3.05) is 0 Å². The number of hydrogen-bond acceptors (Lipinski definition) is 0. The second-order valence-corrected chi connectivity index (χ2v) is 15.2. The monoisotopic (exact) mass is 446 g/mol. The molecule has 0 spiro atoms. The van der Waals surface area contributed by atoms with E-state index in [4.69, 9.17) is 0 Å². The minimum absolute atomic E-state index is 0. The third-order valence-electron chi connectivity index (χ3n) is 5.63. The van der Waals surface area contributed by atoms with Crippen LogP contribution in [0, 0.1) is 0 Å². The summed E-state index contributed by atoms with van der Waals surface area (Å²) in [6.45, 7) is 5.17. The molecular formula is C20H18Cl2SiZr. The maximum atomic E-state index is 2.58. The fraction of sp³-hybridized carbons (Fsp3) is 0.200. The molecule has 0 amide bonds. The SMILES string of the molecule is C[Si]1(C)C2=Cc3ccccc3[CH]2[Zr+2][CH]2C1=Cc1ccccc12.[Cl-].[Cl-]. The van der Waals surface area contributed by atoms with Gasteiger partial charge in [-0.2, -0.15) is 0 Å². The number of halogens is 2. The number of allylic oxidation sites excluding steroid dienone is 2. The second-order valence-electron chi connectivity index (χ2n) is 7.11. The standard InChI is InChI=1S/C20H18Si.2ClH.Zr/c1-21(2,19-11-15-7-3-4-8-16(15)12-19)20-13-17-9-5-6-10-18(17)14-20;;;/h3-14H,1-2H3;2*1H;/q;;;+2/p-2. The van der Waals surface area contributed by atoms with Crippen LogP contribution in [0.4, 0.5) is 0 Å². The van der Waals surface area contributed by atoms with Gasteiger partial charge in [-0.1, -0.05) is 0 Å². The van der Waals surface area contributed by atoms with E-state index in [2.05, 4.69) is 73.8 Å². The van der Waals surface area contributed by atoms with E-state index in [1.807, 2.05) is 10.4 Å². The summed E-state index contributed by atoms with van der Waals surface area (Å²) in [4.78, 5) is 0. The molecule has 24 heavy (non-hydrogen) atoms. The minimum Gasteiger partial charge on any atom is -1.00 e. The average molecular weight is 449 g/mol. The molecule has 1 fully saturated rings. The van der Waals surface area contributed by atoms with Crippen molar-refractivity contribution in [3.63, 3.8) is 0 Å². The van der Waals surface area contributed by atoms with Gasteiger partial charge in [-0.15, -0.1) is 0 Å². The Labute approximate surface area is 168 Å². The summed E-state index contributed by atoms with van der Waals surface area (Å²) in [7, 11) is -1.48. The van der Waals surface area contributed by atoms with Crippen LogP contribution < -0.4 is 24.8 Å². The van der Waals surface area contributed by atoms with Crippen molar-refractivity contribution >= 4 is 20.2 Å². The molecule has 120 valence electrons. The van der Waals surface area contributed by atoms with Crippen LogP contribution in [0.15, 0.2) is 58.9 Å². The topological polar surface area (TPSA) is 0 Å². The summed E-state index contributed by atoms with van der Waals surface area (Å²) in [6.07, 6.45) is 5.13. The Balaban J connectivity index is 0.000000845. The van der Waals surface area contributed by atoms with Gasteiger partial charge in [0.25, 0.3) is 0 Å². The van der Waals surface area contributed by atoms with Gasteiger partial charge in [-0.05, 0) is 0 Å². The van der Waals surface area contributed by atoms with Gasteiger partial charge >= 0.3 is 145 Å². The molecule has 3 aliphatic rings. The van der Waals surface area contributed by atoms with E-state index < -0.39 is 31.3 Å². The van der Waals surface area contributed by atoms with E-state index in [1.54, 1.807) is 11.1 Å². The summed E-state index contributed by atoms with van der Waals surface area (Å²) in [5.41, 5.74) is 6.32. The maximum Gasteiger partial charge on any atom is -1.00 e. The predicted octanol–water partition coefficient (Wildman–Crippen LogP) is -0.846. The summed E-state index contributed by atoms with van der Waals surface area (Å²) >= 11 is -0.555. The molecule has 0 N–H and O–H groups in total. The quantitative estimate of drug-likeness (QED) is 0.461. The van der Waals surface area contributed by atoms with Crippen molar-refractivity contribution in [1.82, 2.24) is 0 Å². The van der Waals surface area contributed by atoms with E-state index >= 15 is 0 Å². The maximum absolute atomic E-state index is 2.58. The van der Waals surface area contributed by atoms with Gasteiger partial charge in [0, 0.05) is 0 Å². The molecule has 0 nitrogen and oxygen atoms in total. The van der Waals surface area contributed by atoms with Crippen LogP contribution in [0.3, 0.4) is 0 Å². The summed E-state index contributed by atoms with van der Waals surface area (Å²) in [5, 5.41) is 3.66. The van der Waals surface area contributed by atoms with Gasteiger partial charge in [-0.3, -0.25) is 0 Å². The van der Waals surface area contributed by atoms with Gasteiger partial charge in [0.15, 0.2) is 0 Å². The van der Waals surface area contributed by atoms with Crippen molar-refractivity contribution in [1.29, 1.82) is 0 Å². The van der Waals surface area contributed by atoms with Gasteiger partial charge in [0.1, 0.15) is 0 Å². The summed E-state index contributed by atoms with van der Waals surface area (Å²) in [5.74, 6) is 0. The molecule has 5 rings (SSSR count). The van der Waals surface area contributed by atoms with Crippen molar-refractivity contribution in [2.45, 2.75) is 20.3 Å². The molecule has 2 unspecified atom stereocenters. The Morgan fingerprint density at radius 1 is 0.708 bits per heavy atom. The molecule has 1 heterocycles. The van der Waals surface area contributed by atoms with Crippen molar-refractivity contribution in [3.05, 3.63) is 81.2 Å². The van der Waals surface area contributed by atoms with Crippen LogP contribution in [0.25, 0.3) is 12.2 Å². The summed E-state index contributed by atoms with van der Waals surface area (Å²) < 4.78 is 1.66. The van der Waals surface area contributed by atoms with E-state index in [1.165, 1.54) is 11.1 Å². The zero-order valence-electron chi connectivity index (χ0n) is 13.7. The van der Waals surface area contributed by atoms with Crippen LogP contribution in [0.5, 0.6) is 0 Å². The van der Waals surface area contributed by atoms with E-state index in [-0.39, 0.29) is 24.8 Å². The zero-order chi connectivity index (χ0) is 14.9. The number of benzene rings is 2. The van der Waals surface area contributed by atoms with Crippen LogP contribution in [-0.2, 0) is 23.2 Å². The third-order valence-corrected chi connectivity index (χ3v) is 15.5. The largest absolute Gasteiger partial charge is 1.00 e. The fourth-order valence-corrected chi connectivity index (χ4v) is 18.1. The molecule has 0 bridgehead atoms. The van der Waals surface area contributed by atoms with Gasteiger partial charge in [0.05, 0.1) is 0 Å². The summed E-state index contributed by atoms with van der Waals surface area (Å²) in [6, 6.07) is 18.3. The Kier molecular flexibility index (Phi) is 4.90. The van der Waals surface area contributed by atoms with E-state index in [9.17, 15) is 0 Å². The minimum atomic E-state index is -1.48. The molecule has 2 aromatic carbocycles. The van der Waals surface area contributed by atoms with Crippen LogP contribution in [-0.4, -0.2) is 8.07 Å². The normalized spacial score (nSPS) is 23.6. The van der Waals surface area contributed by atoms with Crippen molar-refractivity contribution in [2.24, 2.45) is 0 Å². The average Bonchev–Trinajstić information content (AvgIpc) is 3.08. The van der Waals surface area contributed by atoms with Crippen molar-refractivity contribution in [3.8, 4) is 0 Å². The molecular weight excluding hydrogens is 430 g/mol. The van der Waals surface area contributed by atoms with E-state index in [0.717, 1.165) is 7.25 Å². The second kappa shape index (κ2) is 6.40. The molecule has 1 saturated heterocycles. The van der Waals surface area contributed by atoms with Crippen LogP contribution >= 0.6 is 0 Å². The Hall–Kier alpha value is -0.400. The molecule has 2 aromatic rings. The van der Waals surface area contributed by atoms with Gasteiger partial charge in [0.2, 0.25) is 0 Å². The first-order valence-corrected chi connectivity index (χ1v) is 13.9. The smallest absolute Gasteiger partial charge is 1.00 e. The fourth-order valence-electron chi connectivity index (χ4n) is 4.42. The predicted molar refractivity (Wildman–Crippen MR) is 91.8 cm³/mol. The van der Waals surface area contributed by atoms with E-state index in [0.29, 0.717) is 0 Å².